The Morgan fingerprint density at radius 2 is 1.70 bits per heavy atom. The van der Waals surface area contributed by atoms with Gasteiger partial charge in [0, 0.05) is 5.56 Å². The highest BCUT2D eigenvalue weighted by atomic mass is 16.3. The molecule has 0 aliphatic rings. The second-order valence-electron chi connectivity index (χ2n) is 5.81. The molecule has 0 amide bonds. The van der Waals surface area contributed by atoms with E-state index in [-0.39, 0.29) is 0 Å². The third-order valence-corrected chi connectivity index (χ3v) is 4.10. The van der Waals surface area contributed by atoms with Crippen LogP contribution in [0, 0.1) is 6.92 Å². The first-order valence-corrected chi connectivity index (χ1v) is 8.14. The Balaban J connectivity index is 2.20. The van der Waals surface area contributed by atoms with E-state index in [1.54, 1.807) is 0 Å². The molecule has 1 N–H and O–H groups in total. The zero-order valence-corrected chi connectivity index (χ0v) is 13.7. The van der Waals surface area contributed by atoms with Gasteiger partial charge in [-0.2, -0.15) is 5.10 Å². The normalized spacial score (nSPS) is 10.9. The van der Waals surface area contributed by atoms with Gasteiger partial charge in [-0.15, -0.1) is 0 Å². The monoisotopic (exact) mass is 306 g/mol. The highest BCUT2D eigenvalue weighted by Gasteiger charge is 2.20. The average molecular weight is 306 g/mol. The van der Waals surface area contributed by atoms with Crippen LogP contribution in [0.2, 0.25) is 0 Å². The van der Waals surface area contributed by atoms with Gasteiger partial charge in [0.25, 0.3) is 0 Å². The Morgan fingerprint density at radius 1 is 1.00 bits per heavy atom. The summed E-state index contributed by atoms with van der Waals surface area (Å²) in [6, 6.07) is 18.1. The van der Waals surface area contributed by atoms with Gasteiger partial charge in [0.2, 0.25) is 0 Å². The molecule has 1 heterocycles. The third-order valence-electron chi connectivity index (χ3n) is 4.10. The molecular formula is C20H22N2O. The Hall–Kier alpha value is -2.55. The van der Waals surface area contributed by atoms with E-state index in [2.05, 4.69) is 19.9 Å². The molecule has 118 valence electrons. The minimum atomic E-state index is 0.302. The summed E-state index contributed by atoms with van der Waals surface area (Å²) in [7, 11) is 0. The summed E-state index contributed by atoms with van der Waals surface area (Å²) in [6.45, 7) is 4.20. The maximum Gasteiger partial charge on any atom is 0.165 e. The summed E-state index contributed by atoms with van der Waals surface area (Å²) < 4.78 is 1.86. The summed E-state index contributed by atoms with van der Waals surface area (Å²) >= 11 is 0. The van der Waals surface area contributed by atoms with Gasteiger partial charge in [-0.3, -0.25) is 0 Å². The lowest BCUT2D eigenvalue weighted by atomic mass is 10.0. The smallest absolute Gasteiger partial charge is 0.165 e. The van der Waals surface area contributed by atoms with Crippen molar-refractivity contribution in [2.45, 2.75) is 33.1 Å². The van der Waals surface area contributed by atoms with E-state index in [1.807, 2.05) is 53.2 Å². The van der Waals surface area contributed by atoms with Crippen molar-refractivity contribution in [3.05, 3.63) is 65.9 Å². The predicted molar refractivity (Wildman–Crippen MR) is 94.0 cm³/mol. The van der Waals surface area contributed by atoms with Gasteiger partial charge in [-0.25, -0.2) is 4.68 Å². The van der Waals surface area contributed by atoms with Crippen LogP contribution in [0.15, 0.2) is 54.6 Å². The minimum Gasteiger partial charge on any atom is -0.504 e. The molecule has 3 heteroatoms. The first kappa shape index (κ1) is 15.3. The Labute approximate surface area is 137 Å². The molecule has 0 saturated carbocycles. The Morgan fingerprint density at radius 3 is 2.39 bits per heavy atom. The lowest BCUT2D eigenvalue weighted by molar-refractivity contribution is 0.468. The number of aryl methyl sites for hydroxylation is 2. The molecule has 0 saturated heterocycles. The minimum absolute atomic E-state index is 0.302. The molecule has 3 rings (SSSR count). The lowest BCUT2D eigenvalue weighted by Crippen LogP contribution is -2.00. The van der Waals surface area contributed by atoms with Gasteiger partial charge in [0.15, 0.2) is 5.75 Å². The fourth-order valence-electron chi connectivity index (χ4n) is 2.80. The standard InChI is InChI=1S/C20H22N2O/c1-3-4-14-18-20(23)19(17-13-9-8-10-15(17)2)22(21-18)16-11-6-5-7-12-16/h5-13,23H,3-4,14H2,1-2H3. The number of hydrogen-bond donors (Lipinski definition) is 1. The van der Waals surface area contributed by atoms with Crippen LogP contribution < -0.4 is 0 Å². The molecule has 3 nitrogen and oxygen atoms in total. The van der Waals surface area contributed by atoms with Crippen LogP contribution >= 0.6 is 0 Å². The zero-order valence-electron chi connectivity index (χ0n) is 13.7. The molecule has 1 aromatic heterocycles. The summed E-state index contributed by atoms with van der Waals surface area (Å²) in [5.74, 6) is 0.302. The first-order chi connectivity index (χ1) is 11.2. The van der Waals surface area contributed by atoms with Crippen molar-refractivity contribution in [2.75, 3.05) is 0 Å². The van der Waals surface area contributed by atoms with Crippen LogP contribution in [0.25, 0.3) is 16.9 Å². The summed E-state index contributed by atoms with van der Waals surface area (Å²) in [5.41, 5.74) is 4.66. The van der Waals surface area contributed by atoms with Crippen molar-refractivity contribution in [1.82, 2.24) is 9.78 Å². The summed E-state index contributed by atoms with van der Waals surface area (Å²) in [6.07, 6.45) is 2.89. The SMILES string of the molecule is CCCCc1nn(-c2ccccc2)c(-c2ccccc2C)c1O. The predicted octanol–water partition coefficient (Wildman–Crippen LogP) is 4.90. The second-order valence-corrected chi connectivity index (χ2v) is 5.81. The first-order valence-electron chi connectivity index (χ1n) is 8.14. The van der Waals surface area contributed by atoms with Crippen molar-refractivity contribution in [3.63, 3.8) is 0 Å². The Kier molecular flexibility index (Phi) is 4.47. The number of aromatic hydroxyl groups is 1. The number of benzene rings is 2. The molecule has 0 spiro atoms. The largest absolute Gasteiger partial charge is 0.504 e. The topological polar surface area (TPSA) is 38.0 Å². The van der Waals surface area contributed by atoms with Gasteiger partial charge < -0.3 is 5.11 Å². The van der Waals surface area contributed by atoms with E-state index in [9.17, 15) is 5.11 Å². The highest BCUT2D eigenvalue weighted by Crippen LogP contribution is 2.36. The second kappa shape index (κ2) is 6.69. The molecule has 0 unspecified atom stereocenters. The van der Waals surface area contributed by atoms with E-state index in [0.717, 1.165) is 47.5 Å². The maximum absolute atomic E-state index is 10.8. The molecule has 0 bridgehead atoms. The number of rotatable bonds is 5. The van der Waals surface area contributed by atoms with E-state index in [1.165, 1.54) is 0 Å². The zero-order chi connectivity index (χ0) is 16.2. The van der Waals surface area contributed by atoms with Gasteiger partial charge in [-0.1, -0.05) is 55.8 Å². The summed E-state index contributed by atoms with van der Waals surface area (Å²) in [5, 5.41) is 15.5. The van der Waals surface area contributed by atoms with E-state index < -0.39 is 0 Å². The molecular weight excluding hydrogens is 284 g/mol. The van der Waals surface area contributed by atoms with Crippen molar-refractivity contribution < 1.29 is 5.11 Å². The molecule has 23 heavy (non-hydrogen) atoms. The van der Waals surface area contributed by atoms with Gasteiger partial charge >= 0.3 is 0 Å². The number of nitrogens with zero attached hydrogens (tertiary/aromatic N) is 2. The van der Waals surface area contributed by atoms with Crippen LogP contribution in [0.5, 0.6) is 5.75 Å². The number of hydrogen-bond acceptors (Lipinski definition) is 2. The quantitative estimate of drug-likeness (QED) is 0.728. The van der Waals surface area contributed by atoms with Crippen LogP contribution in [0.3, 0.4) is 0 Å². The molecule has 0 aliphatic carbocycles. The fourth-order valence-corrected chi connectivity index (χ4v) is 2.80. The number of unbranched alkanes of at least 4 members (excludes halogenated alkanes) is 1. The van der Waals surface area contributed by atoms with Gasteiger partial charge in [0.1, 0.15) is 11.4 Å². The fraction of sp³-hybridized carbons (Fsp3) is 0.250. The van der Waals surface area contributed by atoms with Crippen molar-refractivity contribution >= 4 is 0 Å². The Bertz CT molecular complexity index is 791. The molecule has 3 aromatic rings. The molecule has 2 aromatic carbocycles. The molecule has 0 fully saturated rings. The third kappa shape index (κ3) is 3.00. The van der Waals surface area contributed by atoms with E-state index >= 15 is 0 Å². The maximum atomic E-state index is 10.8. The van der Waals surface area contributed by atoms with Crippen LogP contribution in [-0.2, 0) is 6.42 Å². The van der Waals surface area contributed by atoms with Crippen molar-refractivity contribution in [3.8, 4) is 22.7 Å². The van der Waals surface area contributed by atoms with Gasteiger partial charge in [0.05, 0.1) is 5.69 Å². The number of aromatic nitrogens is 2. The highest BCUT2D eigenvalue weighted by molar-refractivity contribution is 5.72. The molecule has 0 atom stereocenters. The lowest BCUT2D eigenvalue weighted by Gasteiger charge is -2.10. The molecule has 0 radical (unpaired) electrons. The van der Waals surface area contributed by atoms with Crippen molar-refractivity contribution in [2.24, 2.45) is 0 Å². The van der Waals surface area contributed by atoms with Gasteiger partial charge in [-0.05, 0) is 37.5 Å². The average Bonchev–Trinajstić information content (AvgIpc) is 2.91. The number of para-hydroxylation sites is 1. The molecule has 0 aliphatic heterocycles. The van der Waals surface area contributed by atoms with E-state index in [0.29, 0.717) is 5.75 Å². The van der Waals surface area contributed by atoms with Crippen molar-refractivity contribution in [1.29, 1.82) is 0 Å². The van der Waals surface area contributed by atoms with Crippen LogP contribution in [0.1, 0.15) is 31.0 Å². The van der Waals surface area contributed by atoms with Crippen LogP contribution in [-0.4, -0.2) is 14.9 Å². The van der Waals surface area contributed by atoms with E-state index in [4.69, 9.17) is 5.10 Å². The van der Waals surface area contributed by atoms with Crippen LogP contribution in [0.4, 0.5) is 0 Å². The summed E-state index contributed by atoms with van der Waals surface area (Å²) in [4.78, 5) is 0.